The molecule has 0 amide bonds. The molecular formula is C15H21N3. The zero-order valence-corrected chi connectivity index (χ0v) is 11.4. The van der Waals surface area contributed by atoms with E-state index in [4.69, 9.17) is 0 Å². The molecule has 3 heteroatoms. The van der Waals surface area contributed by atoms with E-state index in [0.717, 1.165) is 30.9 Å². The second kappa shape index (κ2) is 5.83. The Balaban J connectivity index is 1.80. The number of nitrogens with zero attached hydrogens (tertiary/aromatic N) is 1. The second-order valence-corrected chi connectivity index (χ2v) is 4.83. The number of nitrogens with one attached hydrogen (secondary N) is 2. The van der Waals surface area contributed by atoms with E-state index in [1.54, 1.807) is 0 Å². The Morgan fingerprint density at radius 3 is 2.72 bits per heavy atom. The fourth-order valence-corrected chi connectivity index (χ4v) is 2.15. The van der Waals surface area contributed by atoms with Crippen molar-refractivity contribution in [2.45, 2.75) is 33.7 Å². The van der Waals surface area contributed by atoms with Gasteiger partial charge in [-0.25, -0.2) is 0 Å². The number of H-pyrrole nitrogens is 1. The molecule has 0 saturated carbocycles. The summed E-state index contributed by atoms with van der Waals surface area (Å²) in [6, 6.07) is 8.68. The molecule has 2 N–H and O–H groups in total. The minimum Gasteiger partial charge on any atom is -0.312 e. The number of aromatic amines is 1. The summed E-state index contributed by atoms with van der Waals surface area (Å²) in [6.45, 7) is 8.13. The van der Waals surface area contributed by atoms with Crippen molar-refractivity contribution in [3.8, 4) is 0 Å². The van der Waals surface area contributed by atoms with Gasteiger partial charge in [0.15, 0.2) is 0 Å². The van der Waals surface area contributed by atoms with Crippen molar-refractivity contribution < 1.29 is 0 Å². The van der Waals surface area contributed by atoms with E-state index < -0.39 is 0 Å². The highest BCUT2D eigenvalue weighted by Gasteiger charge is 2.04. The van der Waals surface area contributed by atoms with Crippen LogP contribution in [0.5, 0.6) is 0 Å². The third kappa shape index (κ3) is 3.20. The quantitative estimate of drug-likeness (QED) is 0.793. The van der Waals surface area contributed by atoms with Gasteiger partial charge in [-0.05, 0) is 39.3 Å². The van der Waals surface area contributed by atoms with Crippen LogP contribution in [0.15, 0.2) is 24.3 Å². The fraction of sp³-hybridized carbons (Fsp3) is 0.400. The first-order valence-corrected chi connectivity index (χ1v) is 6.43. The molecule has 0 bridgehead atoms. The van der Waals surface area contributed by atoms with Crippen molar-refractivity contribution >= 4 is 0 Å². The molecule has 0 unspecified atom stereocenters. The van der Waals surface area contributed by atoms with E-state index in [1.165, 1.54) is 16.7 Å². The van der Waals surface area contributed by atoms with Crippen LogP contribution in [0, 0.1) is 20.8 Å². The molecule has 0 spiro atoms. The zero-order valence-electron chi connectivity index (χ0n) is 11.4. The molecule has 0 aliphatic rings. The first kappa shape index (κ1) is 12.8. The van der Waals surface area contributed by atoms with E-state index in [9.17, 15) is 0 Å². The molecule has 18 heavy (non-hydrogen) atoms. The number of hydrogen-bond donors (Lipinski definition) is 2. The Hall–Kier alpha value is -1.61. The van der Waals surface area contributed by atoms with Crippen molar-refractivity contribution in [1.29, 1.82) is 0 Å². The maximum Gasteiger partial charge on any atom is 0.0638 e. The average molecular weight is 243 g/mol. The molecule has 1 aromatic carbocycles. The van der Waals surface area contributed by atoms with Crippen molar-refractivity contribution in [2.75, 3.05) is 6.54 Å². The lowest BCUT2D eigenvalue weighted by molar-refractivity contribution is 0.682. The van der Waals surface area contributed by atoms with E-state index in [-0.39, 0.29) is 0 Å². The minimum absolute atomic E-state index is 0.889. The summed E-state index contributed by atoms with van der Waals surface area (Å²) in [7, 11) is 0. The Morgan fingerprint density at radius 1 is 1.22 bits per heavy atom. The normalized spacial score (nSPS) is 10.8. The predicted octanol–water partition coefficient (Wildman–Crippen LogP) is 2.67. The molecule has 0 saturated heterocycles. The van der Waals surface area contributed by atoms with Crippen molar-refractivity contribution in [3.63, 3.8) is 0 Å². The third-order valence-corrected chi connectivity index (χ3v) is 3.26. The van der Waals surface area contributed by atoms with Crippen LogP contribution in [0.1, 0.15) is 28.1 Å². The van der Waals surface area contributed by atoms with Gasteiger partial charge in [-0.1, -0.05) is 29.8 Å². The molecule has 1 heterocycles. The Bertz CT molecular complexity index is 495. The lowest BCUT2D eigenvalue weighted by Gasteiger charge is -2.06. The van der Waals surface area contributed by atoms with Gasteiger partial charge in [0.1, 0.15) is 0 Å². The van der Waals surface area contributed by atoms with E-state index in [2.05, 4.69) is 53.6 Å². The Kier molecular flexibility index (Phi) is 4.15. The predicted molar refractivity (Wildman–Crippen MR) is 74.7 cm³/mol. The highest BCUT2D eigenvalue weighted by molar-refractivity contribution is 5.23. The van der Waals surface area contributed by atoms with Crippen LogP contribution in [0.3, 0.4) is 0 Å². The maximum atomic E-state index is 4.20. The molecule has 1 aromatic heterocycles. The highest BCUT2D eigenvalue weighted by atomic mass is 15.1. The fourth-order valence-electron chi connectivity index (χ4n) is 2.15. The first-order valence-electron chi connectivity index (χ1n) is 6.43. The number of benzene rings is 1. The SMILES string of the molecule is Cc1cccc(CCNCc2c(C)n[nH]c2C)c1. The lowest BCUT2D eigenvalue weighted by Crippen LogP contribution is -2.17. The third-order valence-electron chi connectivity index (χ3n) is 3.26. The summed E-state index contributed by atoms with van der Waals surface area (Å²) in [6.07, 6.45) is 1.07. The van der Waals surface area contributed by atoms with Gasteiger partial charge in [-0.3, -0.25) is 5.10 Å². The van der Waals surface area contributed by atoms with Crippen molar-refractivity contribution in [3.05, 3.63) is 52.3 Å². The largest absolute Gasteiger partial charge is 0.312 e. The standard InChI is InChI=1S/C15H21N3/c1-11-5-4-6-14(9-11)7-8-16-10-15-12(2)17-18-13(15)3/h4-6,9,16H,7-8,10H2,1-3H3,(H,17,18). The Labute approximate surface area is 109 Å². The van der Waals surface area contributed by atoms with Crippen LogP contribution < -0.4 is 5.32 Å². The van der Waals surface area contributed by atoms with Gasteiger partial charge in [0, 0.05) is 17.8 Å². The van der Waals surface area contributed by atoms with Gasteiger partial charge in [0.25, 0.3) is 0 Å². The molecular weight excluding hydrogens is 222 g/mol. The second-order valence-electron chi connectivity index (χ2n) is 4.83. The molecule has 2 rings (SSSR count). The zero-order chi connectivity index (χ0) is 13.0. The monoisotopic (exact) mass is 243 g/mol. The summed E-state index contributed by atoms with van der Waals surface area (Å²) >= 11 is 0. The van der Waals surface area contributed by atoms with Crippen LogP contribution >= 0.6 is 0 Å². The Morgan fingerprint density at radius 2 is 2.06 bits per heavy atom. The molecule has 0 radical (unpaired) electrons. The average Bonchev–Trinajstić information content (AvgIpc) is 2.66. The summed E-state index contributed by atoms with van der Waals surface area (Å²) in [5.41, 5.74) is 6.27. The number of hydrogen-bond acceptors (Lipinski definition) is 2. The van der Waals surface area contributed by atoms with Gasteiger partial charge in [0.2, 0.25) is 0 Å². The topological polar surface area (TPSA) is 40.7 Å². The molecule has 0 aliphatic carbocycles. The number of aryl methyl sites for hydroxylation is 3. The highest BCUT2D eigenvalue weighted by Crippen LogP contribution is 2.08. The minimum atomic E-state index is 0.889. The maximum absolute atomic E-state index is 4.20. The van der Waals surface area contributed by atoms with Crippen molar-refractivity contribution in [2.24, 2.45) is 0 Å². The summed E-state index contributed by atoms with van der Waals surface area (Å²) < 4.78 is 0. The summed E-state index contributed by atoms with van der Waals surface area (Å²) in [5, 5.41) is 10.7. The van der Waals surface area contributed by atoms with Crippen LogP contribution in [0.2, 0.25) is 0 Å². The van der Waals surface area contributed by atoms with Crippen LogP contribution in [-0.2, 0) is 13.0 Å². The smallest absolute Gasteiger partial charge is 0.0638 e. The molecule has 0 aliphatic heterocycles. The van der Waals surface area contributed by atoms with Gasteiger partial charge in [-0.2, -0.15) is 5.10 Å². The first-order chi connectivity index (χ1) is 8.66. The van der Waals surface area contributed by atoms with E-state index >= 15 is 0 Å². The summed E-state index contributed by atoms with van der Waals surface area (Å²) in [4.78, 5) is 0. The van der Waals surface area contributed by atoms with Crippen LogP contribution in [0.4, 0.5) is 0 Å². The molecule has 3 nitrogen and oxygen atoms in total. The number of rotatable bonds is 5. The molecule has 2 aromatic rings. The molecule has 0 fully saturated rings. The molecule has 0 atom stereocenters. The van der Waals surface area contributed by atoms with Crippen molar-refractivity contribution in [1.82, 2.24) is 15.5 Å². The van der Waals surface area contributed by atoms with Gasteiger partial charge < -0.3 is 5.32 Å². The molecule has 96 valence electrons. The van der Waals surface area contributed by atoms with Crippen LogP contribution in [-0.4, -0.2) is 16.7 Å². The van der Waals surface area contributed by atoms with E-state index in [1.807, 2.05) is 6.92 Å². The lowest BCUT2D eigenvalue weighted by atomic mass is 10.1. The van der Waals surface area contributed by atoms with Gasteiger partial charge in [-0.15, -0.1) is 0 Å². The van der Waals surface area contributed by atoms with E-state index in [0.29, 0.717) is 0 Å². The van der Waals surface area contributed by atoms with Gasteiger partial charge in [0.05, 0.1) is 5.69 Å². The van der Waals surface area contributed by atoms with Crippen LogP contribution in [0.25, 0.3) is 0 Å². The summed E-state index contributed by atoms with van der Waals surface area (Å²) in [5.74, 6) is 0. The van der Waals surface area contributed by atoms with Gasteiger partial charge >= 0.3 is 0 Å². The number of aromatic nitrogens is 2.